The summed E-state index contributed by atoms with van der Waals surface area (Å²) in [7, 11) is 0. The van der Waals surface area contributed by atoms with E-state index in [1.165, 1.54) is 0 Å². The molecule has 0 aliphatic carbocycles. The maximum absolute atomic E-state index is 8.49. The monoisotopic (exact) mass is 366 g/mol. The van der Waals surface area contributed by atoms with Gasteiger partial charge in [-0.15, -0.1) is 0 Å². The summed E-state index contributed by atoms with van der Waals surface area (Å²) in [6.07, 6.45) is 0. The summed E-state index contributed by atoms with van der Waals surface area (Å²) >= 11 is 0. The molecule has 0 bridgehead atoms. The largest absolute Gasteiger partial charge is 2.00 e. The minimum atomic E-state index is 0. The van der Waals surface area contributed by atoms with Gasteiger partial charge in [0.1, 0.15) is 0 Å². The van der Waals surface area contributed by atoms with Gasteiger partial charge in [0.25, 0.3) is 0 Å². The third kappa shape index (κ3) is 9.88. The van der Waals surface area contributed by atoms with E-state index in [0.717, 1.165) is 17.8 Å². The van der Waals surface area contributed by atoms with Crippen LogP contribution in [0.3, 0.4) is 0 Å². The van der Waals surface area contributed by atoms with Gasteiger partial charge >= 0.3 is 25.2 Å². The van der Waals surface area contributed by atoms with Gasteiger partial charge in [-0.3, -0.25) is 0 Å². The molecule has 0 aliphatic heterocycles. The van der Waals surface area contributed by atoms with Crippen LogP contribution in [0.5, 0.6) is 0 Å². The van der Waals surface area contributed by atoms with E-state index in [1.807, 2.05) is 26.0 Å². The zero-order valence-electron chi connectivity index (χ0n) is 9.55. The molecule has 0 radical (unpaired) electrons. The molecule has 0 unspecified atom stereocenters. The average Bonchev–Trinajstić information content (AvgIpc) is 2.09. The summed E-state index contributed by atoms with van der Waals surface area (Å²) < 4.78 is 0. The van der Waals surface area contributed by atoms with Crippen LogP contribution in [0.25, 0.3) is 4.98 Å². The van der Waals surface area contributed by atoms with E-state index in [0.29, 0.717) is 5.69 Å². The quantitative estimate of drug-likeness (QED) is 0.416. The van der Waals surface area contributed by atoms with Crippen LogP contribution in [0.4, 0.5) is 11.4 Å². The number of anilines is 1. The Morgan fingerprint density at radius 1 is 1.18 bits per heavy atom. The van der Waals surface area contributed by atoms with Crippen LogP contribution in [0.1, 0.15) is 12.5 Å². The molecule has 8 heteroatoms. The number of aryl methyl sites for hydroxylation is 1. The fourth-order valence-electron chi connectivity index (χ4n) is 1.10. The second-order valence-corrected chi connectivity index (χ2v) is 2.63. The number of benzene rings is 1. The Morgan fingerprint density at radius 2 is 1.71 bits per heavy atom. The minimum absolute atomic E-state index is 0. The molecule has 0 spiro atoms. The van der Waals surface area contributed by atoms with Gasteiger partial charge in [0.05, 0.1) is 0 Å². The van der Waals surface area contributed by atoms with Crippen molar-refractivity contribution in [3.8, 4) is 0 Å². The maximum Gasteiger partial charge on any atom is 2.00 e. The van der Waals surface area contributed by atoms with Gasteiger partial charge in [0.15, 0.2) is 4.98 Å². The molecule has 3 nitrogen and oxygen atoms in total. The normalized spacial score (nSPS) is 6.41. The number of hydrogen-bond acceptors (Lipinski definition) is 2. The first-order valence-corrected chi connectivity index (χ1v) is 3.97. The molecular formula is C9H12Cl4N3Zn-. The third-order valence-electron chi connectivity index (χ3n) is 1.69. The number of nitrogens with one attached hydrogen (secondary N) is 1. The van der Waals surface area contributed by atoms with Crippen LogP contribution in [0.15, 0.2) is 18.2 Å². The number of hydrogen-bond donors (Lipinski definition) is 1. The van der Waals surface area contributed by atoms with Crippen molar-refractivity contribution in [3.05, 3.63) is 28.7 Å². The van der Waals surface area contributed by atoms with Crippen molar-refractivity contribution < 1.29 is 69.1 Å². The molecule has 0 aromatic heterocycles. The molecule has 94 valence electrons. The van der Waals surface area contributed by atoms with Crippen molar-refractivity contribution in [1.82, 2.24) is 0 Å². The van der Waals surface area contributed by atoms with Gasteiger partial charge in [0.2, 0.25) is 5.39 Å². The van der Waals surface area contributed by atoms with Gasteiger partial charge in [-0.25, -0.2) is 0 Å². The SMILES string of the molecule is CCNc1ccc([N+]#N)cc1C.[Cl-].[Cl-].[Cl-].[Cl-].[Zn+2]. The molecular weight excluding hydrogens is 357 g/mol. The Bertz CT molecular complexity index is 331. The third-order valence-corrected chi connectivity index (χ3v) is 1.69. The summed E-state index contributed by atoms with van der Waals surface area (Å²) in [5.74, 6) is 0. The second kappa shape index (κ2) is 16.2. The van der Waals surface area contributed by atoms with Crippen LogP contribution >= 0.6 is 0 Å². The Morgan fingerprint density at radius 3 is 2.06 bits per heavy atom. The second-order valence-electron chi connectivity index (χ2n) is 2.63. The molecule has 0 fully saturated rings. The fraction of sp³-hybridized carbons (Fsp3) is 0.333. The summed E-state index contributed by atoms with van der Waals surface area (Å²) in [5, 5.41) is 11.7. The average molecular weight is 369 g/mol. The molecule has 0 atom stereocenters. The predicted octanol–water partition coefficient (Wildman–Crippen LogP) is -9.08. The van der Waals surface area contributed by atoms with E-state index in [2.05, 4.69) is 10.3 Å². The van der Waals surface area contributed by atoms with E-state index in [1.54, 1.807) is 6.07 Å². The van der Waals surface area contributed by atoms with Gasteiger partial charge in [0, 0.05) is 24.4 Å². The number of nitrogens with zero attached hydrogens (tertiary/aromatic N) is 2. The summed E-state index contributed by atoms with van der Waals surface area (Å²) in [5.41, 5.74) is 2.77. The Balaban J connectivity index is -0.0000000960. The first-order valence-electron chi connectivity index (χ1n) is 3.97. The van der Waals surface area contributed by atoms with Gasteiger partial charge in [-0.2, -0.15) is 0 Å². The van der Waals surface area contributed by atoms with E-state index < -0.39 is 0 Å². The van der Waals surface area contributed by atoms with Crippen molar-refractivity contribution in [2.75, 3.05) is 11.9 Å². The molecule has 1 N–H and O–H groups in total. The molecule has 17 heavy (non-hydrogen) atoms. The van der Waals surface area contributed by atoms with Crippen LogP contribution in [0, 0.1) is 12.3 Å². The van der Waals surface area contributed by atoms with E-state index in [4.69, 9.17) is 5.39 Å². The zero-order valence-corrected chi connectivity index (χ0v) is 15.5. The molecule has 0 aliphatic rings. The Hall–Kier alpha value is 0.223. The molecule has 1 aromatic carbocycles. The van der Waals surface area contributed by atoms with Crippen LogP contribution < -0.4 is 54.9 Å². The maximum atomic E-state index is 8.49. The minimum Gasteiger partial charge on any atom is -1.00 e. The van der Waals surface area contributed by atoms with Gasteiger partial charge < -0.3 is 54.9 Å². The van der Waals surface area contributed by atoms with E-state index in [9.17, 15) is 0 Å². The number of halogens is 4. The molecule has 0 heterocycles. The number of rotatable bonds is 2. The molecule has 0 saturated carbocycles. The standard InChI is InChI=1S/C9H12N3.4ClH.Zn/c1-3-11-9-5-4-8(12-10)6-7(9)2;;;;;/h4-6,11H,3H2,1-2H3;4*1H;/q+1;;;;;+2/p-4. The first kappa shape index (κ1) is 30.3. The molecule has 1 aromatic rings. The topological polar surface area (TPSA) is 40.2 Å². The molecule has 1 rings (SSSR count). The van der Waals surface area contributed by atoms with Crippen molar-refractivity contribution >= 4 is 11.4 Å². The fourth-order valence-corrected chi connectivity index (χ4v) is 1.10. The van der Waals surface area contributed by atoms with Crippen molar-refractivity contribution in [2.45, 2.75) is 13.8 Å². The summed E-state index contributed by atoms with van der Waals surface area (Å²) in [4.78, 5) is 3.10. The van der Waals surface area contributed by atoms with Crippen LogP contribution in [0.2, 0.25) is 0 Å². The molecule has 0 saturated heterocycles. The predicted molar refractivity (Wildman–Crippen MR) is 50.1 cm³/mol. The molecule has 0 amide bonds. The van der Waals surface area contributed by atoms with Gasteiger partial charge in [-0.1, -0.05) is 0 Å². The van der Waals surface area contributed by atoms with Crippen LogP contribution in [-0.4, -0.2) is 6.54 Å². The zero-order chi connectivity index (χ0) is 8.97. The Kier molecular flexibility index (Phi) is 29.0. The number of diazo groups is 1. The van der Waals surface area contributed by atoms with Crippen molar-refractivity contribution in [2.24, 2.45) is 0 Å². The van der Waals surface area contributed by atoms with E-state index >= 15 is 0 Å². The van der Waals surface area contributed by atoms with Gasteiger partial charge in [-0.05, 0) is 25.5 Å². The summed E-state index contributed by atoms with van der Waals surface area (Å²) in [6, 6.07) is 5.51. The van der Waals surface area contributed by atoms with E-state index in [-0.39, 0.29) is 69.1 Å². The smallest absolute Gasteiger partial charge is 1.00 e. The van der Waals surface area contributed by atoms with Crippen molar-refractivity contribution in [1.29, 1.82) is 5.39 Å². The van der Waals surface area contributed by atoms with Crippen LogP contribution in [-0.2, 0) is 19.5 Å². The van der Waals surface area contributed by atoms with Crippen molar-refractivity contribution in [3.63, 3.8) is 0 Å². The summed E-state index contributed by atoms with van der Waals surface area (Å²) in [6.45, 7) is 4.92. The Labute approximate surface area is 140 Å². The first-order chi connectivity index (χ1) is 5.77.